The number of piperazine rings is 1. The summed E-state index contributed by atoms with van der Waals surface area (Å²) in [6.45, 7) is 12.9. The van der Waals surface area contributed by atoms with Crippen molar-refractivity contribution in [2.45, 2.75) is 39.7 Å². The van der Waals surface area contributed by atoms with E-state index in [1.807, 2.05) is 0 Å². The van der Waals surface area contributed by atoms with Gasteiger partial charge in [0.2, 0.25) is 0 Å². The first kappa shape index (κ1) is 18.7. The summed E-state index contributed by atoms with van der Waals surface area (Å²) in [6.07, 6.45) is 2.24. The second-order valence-electron chi connectivity index (χ2n) is 8.11. The van der Waals surface area contributed by atoms with Crippen LogP contribution < -0.4 is 4.90 Å². The molecule has 0 spiro atoms. The Morgan fingerprint density at radius 2 is 1.81 bits per heavy atom. The lowest BCUT2D eigenvalue weighted by molar-refractivity contribution is 0.217. The highest BCUT2D eigenvalue weighted by atomic mass is 79.9. The molecule has 0 saturated carbocycles. The third kappa shape index (κ3) is 3.34. The Bertz CT molecular complexity index is 846. The van der Waals surface area contributed by atoms with Crippen molar-refractivity contribution in [2.75, 3.05) is 38.1 Å². The van der Waals surface area contributed by atoms with Crippen LogP contribution in [0.1, 0.15) is 39.2 Å². The Balaban J connectivity index is 1.89. The summed E-state index contributed by atoms with van der Waals surface area (Å²) in [7, 11) is 2.18. The van der Waals surface area contributed by atoms with E-state index in [-0.39, 0.29) is 6.04 Å². The summed E-state index contributed by atoms with van der Waals surface area (Å²) >= 11 is 3.70. The molecule has 1 aromatic rings. The standard InChI is InChI=1S/C21H28BrN5/c1-13(2)17-10-16(22)11-18-19(17)24-20(26-8-6-25(5)7-9-26)21-23-15(4)14(3)12-27(18)21/h10-13,15H,6-9H2,1-5H3. The molecule has 0 bridgehead atoms. The van der Waals surface area contributed by atoms with Gasteiger partial charge in [0.1, 0.15) is 0 Å². The summed E-state index contributed by atoms with van der Waals surface area (Å²) in [5, 5.41) is 0. The van der Waals surface area contributed by atoms with Crippen molar-refractivity contribution < 1.29 is 0 Å². The van der Waals surface area contributed by atoms with Gasteiger partial charge in [0, 0.05) is 36.9 Å². The van der Waals surface area contributed by atoms with Gasteiger partial charge in [-0.3, -0.25) is 9.89 Å². The molecule has 4 rings (SSSR count). The number of halogens is 1. The van der Waals surface area contributed by atoms with Gasteiger partial charge in [-0.15, -0.1) is 0 Å². The number of benzene rings is 1. The molecular formula is C21H28BrN5. The summed E-state index contributed by atoms with van der Waals surface area (Å²) < 4.78 is 1.09. The van der Waals surface area contributed by atoms with Gasteiger partial charge in [0.05, 0.1) is 17.4 Å². The van der Waals surface area contributed by atoms with Crippen molar-refractivity contribution in [3.05, 3.63) is 33.9 Å². The van der Waals surface area contributed by atoms with E-state index in [9.17, 15) is 0 Å². The Hall–Kier alpha value is -1.66. The number of anilines is 1. The zero-order chi connectivity index (χ0) is 19.3. The molecule has 0 radical (unpaired) electrons. The lowest BCUT2D eigenvalue weighted by atomic mass is 9.98. The summed E-state index contributed by atoms with van der Waals surface area (Å²) in [4.78, 5) is 17.3. The number of fused-ring (bicyclic) bond motifs is 3. The predicted octanol–water partition coefficient (Wildman–Crippen LogP) is 4.37. The fourth-order valence-electron chi connectivity index (χ4n) is 3.81. The van der Waals surface area contributed by atoms with Crippen molar-refractivity contribution >= 4 is 39.0 Å². The highest BCUT2D eigenvalue weighted by Crippen LogP contribution is 2.43. The minimum Gasteiger partial charge on any atom is -0.351 e. The molecule has 1 atom stereocenters. The van der Waals surface area contributed by atoms with Crippen molar-refractivity contribution in [1.82, 2.24) is 9.80 Å². The fourth-order valence-corrected chi connectivity index (χ4v) is 4.27. The second kappa shape index (κ2) is 7.06. The van der Waals surface area contributed by atoms with Crippen LogP contribution in [0.25, 0.3) is 0 Å². The fraction of sp³-hybridized carbons (Fsp3) is 0.524. The van der Waals surface area contributed by atoms with Gasteiger partial charge in [0.25, 0.3) is 0 Å². The molecule has 1 fully saturated rings. The van der Waals surface area contributed by atoms with Gasteiger partial charge < -0.3 is 9.80 Å². The molecule has 5 nitrogen and oxygen atoms in total. The van der Waals surface area contributed by atoms with Gasteiger partial charge in [-0.25, -0.2) is 4.99 Å². The van der Waals surface area contributed by atoms with Crippen molar-refractivity contribution in [3.8, 4) is 0 Å². The minimum absolute atomic E-state index is 0.187. The SMILES string of the molecule is CC1=CN2C(=NC1C)C(N1CCN(C)CC1)=Nc1c(C(C)C)cc(Br)cc12. The van der Waals surface area contributed by atoms with Gasteiger partial charge in [-0.05, 0) is 50.1 Å². The topological polar surface area (TPSA) is 34.4 Å². The summed E-state index contributed by atoms with van der Waals surface area (Å²) in [6, 6.07) is 4.56. The highest BCUT2D eigenvalue weighted by Gasteiger charge is 2.34. The Kier molecular flexibility index (Phi) is 4.89. The number of hydrogen-bond acceptors (Lipinski definition) is 5. The Morgan fingerprint density at radius 1 is 1.11 bits per heavy atom. The van der Waals surface area contributed by atoms with Crippen LogP contribution in [-0.2, 0) is 0 Å². The molecule has 144 valence electrons. The molecule has 3 heterocycles. The zero-order valence-electron chi connectivity index (χ0n) is 16.8. The monoisotopic (exact) mass is 429 g/mol. The largest absolute Gasteiger partial charge is 0.351 e. The molecule has 3 aliphatic rings. The molecule has 3 aliphatic heterocycles. The van der Waals surface area contributed by atoms with Gasteiger partial charge >= 0.3 is 0 Å². The van der Waals surface area contributed by atoms with Crippen LogP contribution in [0.5, 0.6) is 0 Å². The molecule has 6 heteroatoms. The van der Waals surface area contributed by atoms with Crippen LogP contribution in [-0.4, -0.2) is 60.7 Å². The van der Waals surface area contributed by atoms with Gasteiger partial charge in [0.15, 0.2) is 11.7 Å². The summed E-state index contributed by atoms with van der Waals surface area (Å²) in [5.41, 5.74) is 4.75. The number of amidine groups is 2. The molecule has 1 aromatic carbocycles. The third-order valence-corrected chi connectivity index (χ3v) is 6.18. The maximum atomic E-state index is 5.20. The highest BCUT2D eigenvalue weighted by molar-refractivity contribution is 9.10. The van der Waals surface area contributed by atoms with E-state index in [2.05, 4.69) is 83.7 Å². The maximum absolute atomic E-state index is 5.20. The van der Waals surface area contributed by atoms with Gasteiger partial charge in [-0.1, -0.05) is 29.8 Å². The lowest BCUT2D eigenvalue weighted by Gasteiger charge is -2.41. The molecule has 0 aliphatic carbocycles. The number of rotatable bonds is 1. The molecule has 0 aromatic heterocycles. The average molecular weight is 430 g/mol. The van der Waals surface area contributed by atoms with Crippen LogP contribution >= 0.6 is 15.9 Å². The van der Waals surface area contributed by atoms with E-state index in [0.29, 0.717) is 5.92 Å². The van der Waals surface area contributed by atoms with E-state index in [0.717, 1.165) is 53.7 Å². The smallest absolute Gasteiger partial charge is 0.176 e. The van der Waals surface area contributed by atoms with Crippen molar-refractivity contribution in [3.63, 3.8) is 0 Å². The number of likely N-dealkylation sites (N-methyl/N-ethyl adjacent to an activating group) is 1. The van der Waals surface area contributed by atoms with Crippen molar-refractivity contribution in [1.29, 1.82) is 0 Å². The first-order valence-electron chi connectivity index (χ1n) is 9.76. The molecule has 27 heavy (non-hydrogen) atoms. The molecule has 0 N–H and O–H groups in total. The zero-order valence-corrected chi connectivity index (χ0v) is 18.4. The van der Waals surface area contributed by atoms with E-state index >= 15 is 0 Å². The number of nitrogens with zero attached hydrogens (tertiary/aromatic N) is 5. The van der Waals surface area contributed by atoms with Crippen LogP contribution in [0, 0.1) is 0 Å². The first-order chi connectivity index (χ1) is 12.8. The molecule has 1 unspecified atom stereocenters. The van der Waals surface area contributed by atoms with Crippen LogP contribution in [0.2, 0.25) is 0 Å². The third-order valence-electron chi connectivity index (χ3n) is 5.72. The number of hydrogen-bond donors (Lipinski definition) is 0. The van der Waals surface area contributed by atoms with Gasteiger partial charge in [-0.2, -0.15) is 0 Å². The van der Waals surface area contributed by atoms with Crippen molar-refractivity contribution in [2.24, 2.45) is 9.98 Å². The molecular weight excluding hydrogens is 402 g/mol. The number of aliphatic imine (C=N–C) groups is 2. The quantitative estimate of drug-likeness (QED) is 0.664. The predicted molar refractivity (Wildman–Crippen MR) is 118 cm³/mol. The van der Waals surface area contributed by atoms with E-state index < -0.39 is 0 Å². The molecule has 1 saturated heterocycles. The maximum Gasteiger partial charge on any atom is 0.176 e. The van der Waals surface area contributed by atoms with E-state index in [1.54, 1.807) is 0 Å². The van der Waals surface area contributed by atoms with E-state index in [1.165, 1.54) is 11.1 Å². The summed E-state index contributed by atoms with van der Waals surface area (Å²) in [5.74, 6) is 2.41. The Morgan fingerprint density at radius 3 is 2.48 bits per heavy atom. The minimum atomic E-state index is 0.187. The van der Waals surface area contributed by atoms with Crippen LogP contribution in [0.4, 0.5) is 11.4 Å². The van der Waals surface area contributed by atoms with E-state index in [4.69, 9.17) is 9.98 Å². The lowest BCUT2D eigenvalue weighted by Crippen LogP contribution is -2.53. The van der Waals surface area contributed by atoms with Crippen LogP contribution in [0.15, 0.2) is 38.4 Å². The normalized spacial score (nSPS) is 22.9. The second-order valence-corrected chi connectivity index (χ2v) is 9.03. The van der Waals surface area contributed by atoms with Crippen LogP contribution in [0.3, 0.4) is 0 Å². The molecule has 0 amide bonds. The Labute approximate surface area is 170 Å². The average Bonchev–Trinajstić information content (AvgIpc) is 2.62. The first-order valence-corrected chi connectivity index (χ1v) is 10.6.